The van der Waals surface area contributed by atoms with Gasteiger partial charge in [0.15, 0.2) is 11.5 Å². The zero-order valence-corrected chi connectivity index (χ0v) is 14.8. The number of hydrogen-bond donors (Lipinski definition) is 1. The average Bonchev–Trinajstić information content (AvgIpc) is 3.15. The highest BCUT2D eigenvalue weighted by Crippen LogP contribution is 2.32. The molecule has 0 fully saturated rings. The molecule has 0 aliphatic heterocycles. The molecule has 0 saturated heterocycles. The minimum atomic E-state index is 0.447. The van der Waals surface area contributed by atoms with Crippen molar-refractivity contribution in [2.75, 3.05) is 7.11 Å². The number of benzene rings is 2. The molecule has 1 heterocycles. The van der Waals surface area contributed by atoms with Gasteiger partial charge in [0.1, 0.15) is 12.4 Å². The van der Waals surface area contributed by atoms with Crippen LogP contribution in [0.15, 0.2) is 65.3 Å². The van der Waals surface area contributed by atoms with Crippen LogP contribution >= 0.6 is 11.6 Å². The third-order valence-corrected chi connectivity index (χ3v) is 4.02. The molecule has 5 heteroatoms. The third kappa shape index (κ3) is 4.78. The number of halogens is 1. The summed E-state index contributed by atoms with van der Waals surface area (Å²) in [5, 5.41) is 4.07. The number of furan rings is 1. The molecule has 1 N–H and O–H groups in total. The van der Waals surface area contributed by atoms with E-state index >= 15 is 0 Å². The van der Waals surface area contributed by atoms with E-state index in [1.807, 2.05) is 54.6 Å². The maximum Gasteiger partial charge on any atom is 0.166 e. The molecule has 0 aliphatic rings. The van der Waals surface area contributed by atoms with Gasteiger partial charge in [-0.25, -0.2) is 0 Å². The van der Waals surface area contributed by atoms with Gasteiger partial charge in [-0.05, 0) is 35.9 Å². The first-order valence-electron chi connectivity index (χ1n) is 8.02. The van der Waals surface area contributed by atoms with Gasteiger partial charge in [-0.1, -0.05) is 35.9 Å². The summed E-state index contributed by atoms with van der Waals surface area (Å²) in [6.07, 6.45) is 1.67. The first kappa shape index (κ1) is 17.4. The van der Waals surface area contributed by atoms with Crippen LogP contribution in [0.25, 0.3) is 0 Å². The Balaban J connectivity index is 1.68. The summed E-state index contributed by atoms with van der Waals surface area (Å²) in [6.45, 7) is 1.75. The smallest absolute Gasteiger partial charge is 0.166 e. The Morgan fingerprint density at radius 1 is 1.00 bits per heavy atom. The van der Waals surface area contributed by atoms with E-state index in [0.717, 1.165) is 22.6 Å². The molecular weight excluding hydrogens is 338 g/mol. The van der Waals surface area contributed by atoms with Crippen LogP contribution in [-0.2, 0) is 19.7 Å². The number of hydrogen-bond acceptors (Lipinski definition) is 4. The van der Waals surface area contributed by atoms with E-state index in [2.05, 4.69) is 5.32 Å². The number of methoxy groups -OCH3 is 1. The topological polar surface area (TPSA) is 43.6 Å². The molecule has 0 amide bonds. The van der Waals surface area contributed by atoms with Gasteiger partial charge in [0.05, 0.1) is 19.9 Å². The summed E-state index contributed by atoms with van der Waals surface area (Å²) < 4.78 is 16.8. The molecule has 4 nitrogen and oxygen atoms in total. The Labute approximate surface area is 152 Å². The fourth-order valence-corrected chi connectivity index (χ4v) is 2.62. The molecule has 0 spiro atoms. The Hall–Kier alpha value is -2.43. The summed E-state index contributed by atoms with van der Waals surface area (Å²) in [5.41, 5.74) is 2.07. The van der Waals surface area contributed by atoms with Crippen LogP contribution in [0.5, 0.6) is 11.5 Å². The van der Waals surface area contributed by atoms with Crippen LogP contribution in [0.1, 0.15) is 16.9 Å². The number of rotatable bonds is 8. The summed E-state index contributed by atoms with van der Waals surface area (Å²) in [6, 6.07) is 17.3. The van der Waals surface area contributed by atoms with E-state index in [1.165, 1.54) is 0 Å². The molecule has 3 aromatic rings. The van der Waals surface area contributed by atoms with Crippen molar-refractivity contribution in [3.05, 3.63) is 82.8 Å². The van der Waals surface area contributed by atoms with Gasteiger partial charge >= 0.3 is 0 Å². The number of nitrogens with one attached hydrogen (secondary N) is 1. The molecule has 2 aromatic carbocycles. The third-order valence-electron chi connectivity index (χ3n) is 3.77. The molecule has 0 radical (unpaired) electrons. The monoisotopic (exact) mass is 357 g/mol. The largest absolute Gasteiger partial charge is 0.493 e. The van der Waals surface area contributed by atoms with Crippen molar-refractivity contribution in [2.24, 2.45) is 0 Å². The van der Waals surface area contributed by atoms with Crippen molar-refractivity contribution >= 4 is 11.6 Å². The van der Waals surface area contributed by atoms with Crippen molar-refractivity contribution in [3.8, 4) is 11.5 Å². The summed E-state index contributed by atoms with van der Waals surface area (Å²) in [5.74, 6) is 2.35. The van der Waals surface area contributed by atoms with E-state index in [1.54, 1.807) is 13.4 Å². The SMILES string of the molecule is COc1cccc(CNCc2ccco2)c1OCc1ccc(Cl)cc1. The lowest BCUT2D eigenvalue weighted by Crippen LogP contribution is -2.13. The summed E-state index contributed by atoms with van der Waals surface area (Å²) >= 11 is 5.92. The lowest BCUT2D eigenvalue weighted by atomic mass is 10.1. The van der Waals surface area contributed by atoms with Gasteiger partial charge in [0.25, 0.3) is 0 Å². The van der Waals surface area contributed by atoms with Crippen molar-refractivity contribution in [1.82, 2.24) is 5.32 Å². The quantitative estimate of drug-likeness (QED) is 0.628. The van der Waals surface area contributed by atoms with Crippen LogP contribution in [-0.4, -0.2) is 7.11 Å². The molecule has 0 bridgehead atoms. The second-order valence-corrected chi connectivity index (χ2v) is 5.98. The molecule has 25 heavy (non-hydrogen) atoms. The lowest BCUT2D eigenvalue weighted by molar-refractivity contribution is 0.280. The number of para-hydroxylation sites is 1. The highest BCUT2D eigenvalue weighted by Gasteiger charge is 2.11. The minimum absolute atomic E-state index is 0.447. The van der Waals surface area contributed by atoms with Crippen LogP contribution < -0.4 is 14.8 Å². The highest BCUT2D eigenvalue weighted by molar-refractivity contribution is 6.30. The van der Waals surface area contributed by atoms with Gasteiger partial charge in [-0.2, -0.15) is 0 Å². The van der Waals surface area contributed by atoms with Gasteiger partial charge in [0.2, 0.25) is 0 Å². The molecule has 0 saturated carbocycles. The molecule has 0 atom stereocenters. The highest BCUT2D eigenvalue weighted by atomic mass is 35.5. The fraction of sp³-hybridized carbons (Fsp3) is 0.200. The average molecular weight is 358 g/mol. The zero-order valence-electron chi connectivity index (χ0n) is 14.0. The van der Waals surface area contributed by atoms with Gasteiger partial charge in [-0.3, -0.25) is 0 Å². The Morgan fingerprint density at radius 2 is 1.84 bits per heavy atom. The van der Waals surface area contributed by atoms with E-state index < -0.39 is 0 Å². The Bertz CT molecular complexity index is 785. The van der Waals surface area contributed by atoms with Crippen LogP contribution in [0.2, 0.25) is 5.02 Å². The van der Waals surface area contributed by atoms with Gasteiger partial charge in [0, 0.05) is 17.1 Å². The molecule has 1 aromatic heterocycles. The van der Waals surface area contributed by atoms with E-state index in [9.17, 15) is 0 Å². The summed E-state index contributed by atoms with van der Waals surface area (Å²) in [7, 11) is 1.64. The first-order valence-corrected chi connectivity index (χ1v) is 8.40. The van der Waals surface area contributed by atoms with Crippen LogP contribution in [0.4, 0.5) is 0 Å². The van der Waals surface area contributed by atoms with Crippen molar-refractivity contribution < 1.29 is 13.9 Å². The maximum absolute atomic E-state index is 6.04. The van der Waals surface area contributed by atoms with Gasteiger partial charge in [-0.15, -0.1) is 0 Å². The molecule has 0 aliphatic carbocycles. The predicted octanol–water partition coefficient (Wildman–Crippen LogP) is 4.81. The lowest BCUT2D eigenvalue weighted by Gasteiger charge is -2.15. The summed E-state index contributed by atoms with van der Waals surface area (Å²) in [4.78, 5) is 0. The normalized spacial score (nSPS) is 10.6. The Kier molecular flexibility index (Phi) is 5.99. The van der Waals surface area contributed by atoms with Crippen molar-refractivity contribution in [2.45, 2.75) is 19.7 Å². The van der Waals surface area contributed by atoms with Crippen LogP contribution in [0.3, 0.4) is 0 Å². The van der Waals surface area contributed by atoms with Gasteiger partial charge < -0.3 is 19.2 Å². The first-order chi connectivity index (χ1) is 12.3. The minimum Gasteiger partial charge on any atom is -0.493 e. The molecule has 130 valence electrons. The second kappa shape index (κ2) is 8.60. The van der Waals surface area contributed by atoms with Crippen molar-refractivity contribution in [3.63, 3.8) is 0 Å². The van der Waals surface area contributed by atoms with E-state index in [0.29, 0.717) is 30.5 Å². The van der Waals surface area contributed by atoms with Crippen LogP contribution in [0, 0.1) is 0 Å². The molecular formula is C20H20ClNO3. The predicted molar refractivity (Wildman–Crippen MR) is 98.0 cm³/mol. The fourth-order valence-electron chi connectivity index (χ4n) is 2.49. The molecule has 3 rings (SSSR count). The maximum atomic E-state index is 6.04. The van der Waals surface area contributed by atoms with E-state index in [-0.39, 0.29) is 0 Å². The Morgan fingerprint density at radius 3 is 2.56 bits per heavy atom. The zero-order chi connectivity index (χ0) is 17.5. The standard InChI is InChI=1S/C20H20ClNO3/c1-23-19-6-2-4-16(12-22-13-18-5-3-11-24-18)20(19)25-14-15-7-9-17(21)10-8-15/h2-11,22H,12-14H2,1H3. The van der Waals surface area contributed by atoms with Crippen molar-refractivity contribution in [1.29, 1.82) is 0 Å². The number of ether oxygens (including phenoxy) is 2. The van der Waals surface area contributed by atoms with E-state index in [4.69, 9.17) is 25.5 Å². The second-order valence-electron chi connectivity index (χ2n) is 5.55. The molecule has 0 unspecified atom stereocenters.